The highest BCUT2D eigenvalue weighted by Crippen LogP contribution is 2.06. The maximum absolute atomic E-state index is 10.2. The van der Waals surface area contributed by atoms with Gasteiger partial charge in [0.2, 0.25) is 0 Å². The van der Waals surface area contributed by atoms with Crippen molar-refractivity contribution in [3.8, 4) is 0 Å². The molecule has 70 valence electrons. The van der Waals surface area contributed by atoms with Gasteiger partial charge < -0.3 is 15.0 Å². The average molecular weight is 180 g/mol. The second-order valence-electron chi connectivity index (χ2n) is 2.68. The number of rotatable bonds is 4. The molecule has 0 amide bonds. The lowest BCUT2D eigenvalue weighted by Gasteiger charge is -2.13. The average Bonchev–Trinajstić information content (AvgIpc) is 2.55. The number of nitrogens with one attached hydrogen (secondary N) is 1. The van der Waals surface area contributed by atoms with Crippen LogP contribution in [0.5, 0.6) is 0 Å². The van der Waals surface area contributed by atoms with Crippen LogP contribution < -0.4 is 4.90 Å². The van der Waals surface area contributed by atoms with Gasteiger partial charge in [-0.2, -0.15) is 0 Å². The van der Waals surface area contributed by atoms with Crippen LogP contribution in [0, 0.1) is 0 Å². The van der Waals surface area contributed by atoms with Gasteiger partial charge >= 0.3 is 5.97 Å². The number of carbonyl (C=O) groups is 1. The van der Waals surface area contributed by atoms with Gasteiger partial charge in [-0.1, -0.05) is 6.08 Å². The normalized spacial score (nSPS) is 10.5. The van der Waals surface area contributed by atoms with E-state index in [9.17, 15) is 4.79 Å². The maximum atomic E-state index is 10.2. The van der Waals surface area contributed by atoms with Gasteiger partial charge in [-0.3, -0.25) is 0 Å². The zero-order valence-corrected chi connectivity index (χ0v) is 7.40. The smallest absolute Gasteiger partial charge is 0.328 e. The predicted molar refractivity (Wildman–Crippen MR) is 50.8 cm³/mol. The summed E-state index contributed by atoms with van der Waals surface area (Å²) in [4.78, 5) is 15.1. The Kier molecular flexibility index (Phi) is 3.14. The van der Waals surface area contributed by atoms with Gasteiger partial charge in [0.15, 0.2) is 0 Å². The number of hydrogen-bond acceptors (Lipinski definition) is 2. The Labute approximate surface area is 76.5 Å². The zero-order chi connectivity index (χ0) is 9.68. The van der Waals surface area contributed by atoms with E-state index in [-0.39, 0.29) is 0 Å². The molecule has 0 aliphatic rings. The fourth-order valence-corrected chi connectivity index (χ4v) is 0.968. The Morgan fingerprint density at radius 3 is 3.08 bits per heavy atom. The van der Waals surface area contributed by atoms with Crippen LogP contribution in [-0.4, -0.2) is 29.7 Å². The van der Waals surface area contributed by atoms with E-state index in [0.29, 0.717) is 6.54 Å². The monoisotopic (exact) mass is 180 g/mol. The lowest BCUT2D eigenvalue weighted by atomic mass is 10.4. The van der Waals surface area contributed by atoms with Crippen LogP contribution in [0.3, 0.4) is 0 Å². The van der Waals surface area contributed by atoms with Crippen molar-refractivity contribution >= 4 is 11.8 Å². The minimum absolute atomic E-state index is 0.576. The van der Waals surface area contributed by atoms with Gasteiger partial charge in [0.25, 0.3) is 0 Å². The van der Waals surface area contributed by atoms with Crippen molar-refractivity contribution in [3.05, 3.63) is 30.5 Å². The third-order valence-electron chi connectivity index (χ3n) is 1.63. The minimum atomic E-state index is -0.917. The van der Waals surface area contributed by atoms with Gasteiger partial charge in [-0.05, 0) is 12.1 Å². The molecule has 0 fully saturated rings. The number of likely N-dealkylation sites (N-methyl/N-ethyl adjacent to an activating group) is 1. The first-order chi connectivity index (χ1) is 6.20. The fourth-order valence-electron chi connectivity index (χ4n) is 0.968. The quantitative estimate of drug-likeness (QED) is 0.682. The molecular formula is C9H12N2O2. The Morgan fingerprint density at radius 2 is 2.54 bits per heavy atom. The highest BCUT2D eigenvalue weighted by atomic mass is 16.4. The lowest BCUT2D eigenvalue weighted by Crippen LogP contribution is -2.17. The van der Waals surface area contributed by atoms with Crippen molar-refractivity contribution in [2.24, 2.45) is 0 Å². The van der Waals surface area contributed by atoms with Crippen molar-refractivity contribution in [3.63, 3.8) is 0 Å². The summed E-state index contributed by atoms with van der Waals surface area (Å²) in [7, 11) is 1.89. The summed E-state index contributed by atoms with van der Waals surface area (Å²) in [6, 6.07) is 3.82. The molecule has 2 N–H and O–H groups in total. The van der Waals surface area contributed by atoms with E-state index in [1.54, 1.807) is 6.08 Å². The lowest BCUT2D eigenvalue weighted by molar-refractivity contribution is -0.131. The summed E-state index contributed by atoms with van der Waals surface area (Å²) in [5.74, 6) is 0.0509. The molecule has 0 aliphatic heterocycles. The number of aromatic nitrogens is 1. The van der Waals surface area contributed by atoms with E-state index in [2.05, 4.69) is 4.98 Å². The number of nitrogens with zero attached hydrogens (tertiary/aromatic N) is 1. The molecule has 13 heavy (non-hydrogen) atoms. The zero-order valence-electron chi connectivity index (χ0n) is 7.40. The molecule has 4 heteroatoms. The molecule has 0 saturated carbocycles. The van der Waals surface area contributed by atoms with Crippen LogP contribution in [0.15, 0.2) is 30.5 Å². The van der Waals surface area contributed by atoms with E-state index >= 15 is 0 Å². The predicted octanol–water partition coefficient (Wildman–Crippen LogP) is 1.09. The van der Waals surface area contributed by atoms with E-state index in [1.165, 1.54) is 0 Å². The summed E-state index contributed by atoms with van der Waals surface area (Å²) >= 11 is 0. The SMILES string of the molecule is CN(C/C=C/C(=O)O)c1ccc[nH]1. The van der Waals surface area contributed by atoms with E-state index in [0.717, 1.165) is 11.9 Å². The third-order valence-corrected chi connectivity index (χ3v) is 1.63. The number of aliphatic carboxylic acids is 1. The number of anilines is 1. The summed E-state index contributed by atoms with van der Waals surface area (Å²) < 4.78 is 0. The van der Waals surface area contributed by atoms with Crippen LogP contribution in [0.2, 0.25) is 0 Å². The molecule has 0 aromatic carbocycles. The fraction of sp³-hybridized carbons (Fsp3) is 0.222. The van der Waals surface area contributed by atoms with Gasteiger partial charge in [0.1, 0.15) is 5.82 Å². The Morgan fingerprint density at radius 1 is 1.77 bits per heavy atom. The molecule has 0 spiro atoms. The highest BCUT2D eigenvalue weighted by Gasteiger charge is 1.97. The third kappa shape index (κ3) is 3.02. The first-order valence-corrected chi connectivity index (χ1v) is 3.94. The van der Waals surface area contributed by atoms with Gasteiger partial charge in [0.05, 0.1) is 0 Å². The van der Waals surface area contributed by atoms with Crippen molar-refractivity contribution < 1.29 is 9.90 Å². The summed E-state index contributed by atoms with van der Waals surface area (Å²) in [5.41, 5.74) is 0. The molecule has 0 aliphatic carbocycles. The van der Waals surface area contributed by atoms with Crippen molar-refractivity contribution in [1.82, 2.24) is 4.98 Å². The number of carboxylic acids is 1. The van der Waals surface area contributed by atoms with Crippen molar-refractivity contribution in [1.29, 1.82) is 0 Å². The summed E-state index contributed by atoms with van der Waals surface area (Å²) in [6.07, 6.45) is 4.56. The molecule has 0 bridgehead atoms. The van der Waals surface area contributed by atoms with Crippen LogP contribution >= 0.6 is 0 Å². The maximum Gasteiger partial charge on any atom is 0.328 e. The number of hydrogen-bond donors (Lipinski definition) is 2. The molecule has 4 nitrogen and oxygen atoms in total. The highest BCUT2D eigenvalue weighted by molar-refractivity contribution is 5.79. The molecule has 1 aromatic heterocycles. The molecule has 1 rings (SSSR count). The second kappa shape index (κ2) is 4.35. The summed E-state index contributed by atoms with van der Waals surface area (Å²) in [6.45, 7) is 0.576. The van der Waals surface area contributed by atoms with Crippen LogP contribution in [-0.2, 0) is 4.79 Å². The Bertz CT molecular complexity index is 291. The number of H-pyrrole nitrogens is 1. The van der Waals surface area contributed by atoms with Gasteiger partial charge in [0, 0.05) is 25.9 Å². The number of aromatic amines is 1. The standard InChI is InChI=1S/C9H12N2O2/c1-11(7-3-5-9(12)13)8-4-2-6-10-8/h2-6,10H,7H2,1H3,(H,12,13)/b5-3+. The summed E-state index contributed by atoms with van der Waals surface area (Å²) in [5, 5.41) is 8.34. The molecule has 1 heterocycles. The molecule has 1 aromatic rings. The first-order valence-electron chi connectivity index (χ1n) is 3.94. The van der Waals surface area contributed by atoms with E-state index in [4.69, 9.17) is 5.11 Å². The number of carboxylic acid groups (broad SMARTS) is 1. The topological polar surface area (TPSA) is 56.3 Å². The second-order valence-corrected chi connectivity index (χ2v) is 2.68. The Hall–Kier alpha value is -1.71. The molecule has 0 radical (unpaired) electrons. The van der Waals surface area contributed by atoms with E-state index in [1.807, 2.05) is 30.3 Å². The molecular weight excluding hydrogens is 168 g/mol. The van der Waals surface area contributed by atoms with Crippen molar-refractivity contribution in [2.75, 3.05) is 18.5 Å². The van der Waals surface area contributed by atoms with Crippen LogP contribution in [0.1, 0.15) is 0 Å². The van der Waals surface area contributed by atoms with Crippen LogP contribution in [0.25, 0.3) is 0 Å². The minimum Gasteiger partial charge on any atom is -0.478 e. The Balaban J connectivity index is 2.43. The molecule has 0 saturated heterocycles. The van der Waals surface area contributed by atoms with E-state index < -0.39 is 5.97 Å². The first kappa shape index (κ1) is 9.38. The largest absolute Gasteiger partial charge is 0.478 e. The van der Waals surface area contributed by atoms with Crippen molar-refractivity contribution in [2.45, 2.75) is 0 Å². The molecule has 0 atom stereocenters. The van der Waals surface area contributed by atoms with Gasteiger partial charge in [-0.25, -0.2) is 4.79 Å². The van der Waals surface area contributed by atoms with Crippen LogP contribution in [0.4, 0.5) is 5.82 Å². The van der Waals surface area contributed by atoms with Gasteiger partial charge in [-0.15, -0.1) is 0 Å². The molecule has 0 unspecified atom stereocenters.